The second kappa shape index (κ2) is 6.64. The van der Waals surface area contributed by atoms with Crippen LogP contribution in [-0.2, 0) is 4.79 Å². The van der Waals surface area contributed by atoms with E-state index in [1.165, 1.54) is 29.2 Å². The van der Waals surface area contributed by atoms with Crippen molar-refractivity contribution in [3.63, 3.8) is 0 Å². The zero-order valence-electron chi connectivity index (χ0n) is 14.4. The van der Waals surface area contributed by atoms with Gasteiger partial charge in [0.2, 0.25) is 5.91 Å². The van der Waals surface area contributed by atoms with Crippen molar-refractivity contribution in [3.05, 3.63) is 58.2 Å². The normalized spacial score (nSPS) is 11.1. The smallest absolute Gasteiger partial charge is 0.275 e. The van der Waals surface area contributed by atoms with E-state index < -0.39 is 0 Å². The maximum absolute atomic E-state index is 13.0. The molecule has 0 aliphatic rings. The molecule has 0 bridgehead atoms. The van der Waals surface area contributed by atoms with E-state index in [4.69, 9.17) is 11.6 Å². The second-order valence-electron chi connectivity index (χ2n) is 5.91. The molecule has 7 nitrogen and oxygen atoms in total. The maximum Gasteiger partial charge on any atom is 0.275 e. The molecule has 0 radical (unpaired) electrons. The monoisotopic (exact) mass is 399 g/mol. The minimum Gasteiger partial charge on any atom is -0.288 e. The van der Waals surface area contributed by atoms with Crippen molar-refractivity contribution < 1.29 is 4.79 Å². The summed E-state index contributed by atoms with van der Waals surface area (Å²) in [4.78, 5) is 34.0. The van der Waals surface area contributed by atoms with Crippen molar-refractivity contribution in [2.45, 2.75) is 6.92 Å². The highest BCUT2D eigenvalue weighted by Gasteiger charge is 2.18. The number of fused-ring (bicyclic) bond motifs is 3. The molecule has 0 spiro atoms. The fourth-order valence-corrected chi connectivity index (χ4v) is 4.07. The number of aromatic nitrogens is 3. The number of anilines is 1. The molecule has 3 aromatic heterocycles. The molecule has 0 aliphatic heterocycles. The van der Waals surface area contributed by atoms with Gasteiger partial charge in [-0.05, 0) is 30.3 Å². The van der Waals surface area contributed by atoms with E-state index in [2.05, 4.69) is 15.4 Å². The molecular formula is C18H14ClN5O2S. The molecule has 0 saturated heterocycles. The van der Waals surface area contributed by atoms with Gasteiger partial charge in [-0.15, -0.1) is 11.3 Å². The second-order valence-corrected chi connectivity index (χ2v) is 7.35. The van der Waals surface area contributed by atoms with Crippen molar-refractivity contribution in [1.29, 1.82) is 0 Å². The quantitative estimate of drug-likeness (QED) is 0.535. The van der Waals surface area contributed by atoms with Gasteiger partial charge >= 0.3 is 0 Å². The molecule has 3 heterocycles. The van der Waals surface area contributed by atoms with Crippen LogP contribution in [0.5, 0.6) is 0 Å². The minimum absolute atomic E-state index is 0.182. The summed E-state index contributed by atoms with van der Waals surface area (Å²) >= 11 is 7.20. The van der Waals surface area contributed by atoms with Gasteiger partial charge in [-0.1, -0.05) is 11.6 Å². The third-order valence-corrected chi connectivity index (χ3v) is 5.38. The SMILES string of the molecule is CC(=O)NN(C)c1ccnc2sc3c(=O)n(-c4ccc(Cl)cc4)cnc3c12. The molecule has 9 heteroatoms. The van der Waals surface area contributed by atoms with E-state index in [1.54, 1.807) is 48.6 Å². The summed E-state index contributed by atoms with van der Waals surface area (Å²) in [6, 6.07) is 8.75. The highest BCUT2D eigenvalue weighted by atomic mass is 35.5. The molecule has 1 aromatic carbocycles. The van der Waals surface area contributed by atoms with Crippen LogP contribution in [0, 0.1) is 0 Å². The first kappa shape index (κ1) is 17.4. The van der Waals surface area contributed by atoms with Crippen molar-refractivity contribution in [1.82, 2.24) is 20.0 Å². The number of hydrazine groups is 1. The van der Waals surface area contributed by atoms with Crippen molar-refractivity contribution in [2.75, 3.05) is 12.1 Å². The van der Waals surface area contributed by atoms with E-state index in [0.29, 0.717) is 25.8 Å². The number of halogens is 1. The lowest BCUT2D eigenvalue weighted by atomic mass is 10.2. The number of nitrogens with one attached hydrogen (secondary N) is 1. The van der Waals surface area contributed by atoms with Gasteiger partial charge < -0.3 is 0 Å². The highest BCUT2D eigenvalue weighted by molar-refractivity contribution is 7.25. The maximum atomic E-state index is 13.0. The van der Waals surface area contributed by atoms with E-state index >= 15 is 0 Å². The molecule has 0 unspecified atom stereocenters. The largest absolute Gasteiger partial charge is 0.288 e. The first-order valence-electron chi connectivity index (χ1n) is 8.01. The predicted molar refractivity (Wildman–Crippen MR) is 108 cm³/mol. The van der Waals surface area contributed by atoms with Crippen LogP contribution in [0.1, 0.15) is 6.92 Å². The van der Waals surface area contributed by atoms with Gasteiger partial charge in [0.25, 0.3) is 5.56 Å². The predicted octanol–water partition coefficient (Wildman–Crippen LogP) is 3.14. The number of carbonyl (C=O) groups is 1. The molecule has 0 fully saturated rings. The van der Waals surface area contributed by atoms with Crippen molar-refractivity contribution >= 4 is 55.0 Å². The van der Waals surface area contributed by atoms with Crippen LogP contribution in [0.4, 0.5) is 5.69 Å². The molecule has 4 rings (SSSR count). The highest BCUT2D eigenvalue weighted by Crippen LogP contribution is 2.35. The number of thiophene rings is 1. The zero-order valence-corrected chi connectivity index (χ0v) is 16.0. The average Bonchev–Trinajstić information content (AvgIpc) is 3.02. The first-order valence-corrected chi connectivity index (χ1v) is 9.21. The number of pyridine rings is 1. The molecule has 27 heavy (non-hydrogen) atoms. The van der Waals surface area contributed by atoms with Crippen molar-refractivity contribution in [3.8, 4) is 5.69 Å². The van der Waals surface area contributed by atoms with Crippen LogP contribution < -0.4 is 16.0 Å². The Labute approximate surface area is 162 Å². The summed E-state index contributed by atoms with van der Waals surface area (Å²) in [5, 5.41) is 2.93. The number of hydrogen-bond donors (Lipinski definition) is 1. The first-order chi connectivity index (χ1) is 13.0. The Bertz CT molecular complexity index is 1230. The summed E-state index contributed by atoms with van der Waals surface area (Å²) in [6.45, 7) is 1.43. The molecule has 0 atom stereocenters. The van der Waals surface area contributed by atoms with Crippen LogP contribution >= 0.6 is 22.9 Å². The lowest BCUT2D eigenvalue weighted by Gasteiger charge is -2.19. The molecule has 136 valence electrons. The summed E-state index contributed by atoms with van der Waals surface area (Å²) < 4.78 is 1.98. The molecular weight excluding hydrogens is 386 g/mol. The van der Waals surface area contributed by atoms with Crippen LogP contribution in [0.3, 0.4) is 0 Å². The minimum atomic E-state index is -0.194. The van der Waals surface area contributed by atoms with Gasteiger partial charge in [0.15, 0.2) is 0 Å². The number of benzene rings is 1. The molecule has 1 N–H and O–H groups in total. The van der Waals surface area contributed by atoms with Gasteiger partial charge in [-0.25, -0.2) is 9.97 Å². The van der Waals surface area contributed by atoms with Crippen LogP contribution in [0.2, 0.25) is 5.02 Å². The van der Waals surface area contributed by atoms with Crippen LogP contribution in [-0.4, -0.2) is 27.5 Å². The molecule has 0 saturated carbocycles. The number of amides is 1. The summed E-state index contributed by atoms with van der Waals surface area (Å²) in [6.07, 6.45) is 3.14. The number of carbonyl (C=O) groups excluding carboxylic acids is 1. The fourth-order valence-electron chi connectivity index (χ4n) is 2.90. The van der Waals surface area contributed by atoms with Gasteiger partial charge in [0.05, 0.1) is 16.8 Å². The van der Waals surface area contributed by atoms with Crippen LogP contribution in [0.15, 0.2) is 47.7 Å². The Morgan fingerprint density at radius 3 is 2.67 bits per heavy atom. The third kappa shape index (κ3) is 3.02. The molecule has 4 aromatic rings. The Kier molecular flexibility index (Phi) is 4.29. The Balaban J connectivity index is 1.95. The summed E-state index contributed by atoms with van der Waals surface area (Å²) in [5.41, 5.74) is 4.49. The average molecular weight is 400 g/mol. The summed E-state index contributed by atoms with van der Waals surface area (Å²) in [7, 11) is 1.73. The van der Waals surface area contributed by atoms with E-state index in [0.717, 1.165) is 11.1 Å². The lowest BCUT2D eigenvalue weighted by Crippen LogP contribution is -2.37. The van der Waals surface area contributed by atoms with Gasteiger partial charge in [0.1, 0.15) is 21.4 Å². The Morgan fingerprint density at radius 1 is 1.22 bits per heavy atom. The van der Waals surface area contributed by atoms with Gasteiger partial charge in [0, 0.05) is 25.2 Å². The zero-order chi connectivity index (χ0) is 19.1. The van der Waals surface area contributed by atoms with Crippen LogP contribution in [0.25, 0.3) is 26.1 Å². The van der Waals surface area contributed by atoms with E-state index in [-0.39, 0.29) is 11.5 Å². The summed E-state index contributed by atoms with van der Waals surface area (Å²) in [5.74, 6) is -0.194. The Morgan fingerprint density at radius 2 is 1.96 bits per heavy atom. The molecule has 1 amide bonds. The topological polar surface area (TPSA) is 80.1 Å². The number of hydrogen-bond acceptors (Lipinski definition) is 6. The van der Waals surface area contributed by atoms with Gasteiger partial charge in [-0.2, -0.15) is 0 Å². The Hall–Kier alpha value is -2.97. The number of rotatable bonds is 3. The van der Waals surface area contributed by atoms with E-state index in [9.17, 15) is 9.59 Å². The van der Waals surface area contributed by atoms with E-state index in [1.807, 2.05) is 0 Å². The lowest BCUT2D eigenvalue weighted by molar-refractivity contribution is -0.119. The third-order valence-electron chi connectivity index (χ3n) is 4.05. The molecule has 0 aliphatic carbocycles. The number of nitrogens with zero attached hydrogens (tertiary/aromatic N) is 4. The fraction of sp³-hybridized carbons (Fsp3) is 0.111. The van der Waals surface area contributed by atoms with Crippen molar-refractivity contribution in [2.24, 2.45) is 0 Å². The standard InChI is InChI=1S/C18H14ClN5O2S/c1-10(25)22-23(2)13-7-8-20-17-14(13)15-16(27-17)18(26)24(9-21-15)12-5-3-11(19)4-6-12/h3-9H,1-2H3,(H,22,25). The van der Waals surface area contributed by atoms with Gasteiger partial charge in [-0.3, -0.25) is 24.6 Å².